The van der Waals surface area contributed by atoms with Gasteiger partial charge in [-0.1, -0.05) is 27.7 Å². The summed E-state index contributed by atoms with van der Waals surface area (Å²) in [6.07, 6.45) is 7.22. The molecule has 0 saturated heterocycles. The Morgan fingerprint density at radius 2 is 1.65 bits per heavy atom. The van der Waals surface area contributed by atoms with Crippen molar-refractivity contribution in [1.29, 1.82) is 0 Å². The number of carbonyl (C=O) groups excluding carboxylic acids is 2. The average molecular weight is 563 g/mol. The van der Waals surface area contributed by atoms with Gasteiger partial charge in [0.25, 0.3) is 0 Å². The van der Waals surface area contributed by atoms with Gasteiger partial charge in [0.05, 0.1) is 17.6 Å². The van der Waals surface area contributed by atoms with Gasteiger partial charge < -0.3 is 19.7 Å². The first-order chi connectivity index (χ1) is 18.4. The van der Waals surface area contributed by atoms with Crippen LogP contribution in [-0.2, 0) is 19.1 Å². The van der Waals surface area contributed by atoms with Crippen molar-refractivity contribution in [2.75, 3.05) is 0 Å². The fourth-order valence-electron chi connectivity index (χ4n) is 9.62. The van der Waals surface area contributed by atoms with Gasteiger partial charge in [-0.3, -0.25) is 9.59 Å². The van der Waals surface area contributed by atoms with Crippen molar-refractivity contribution in [2.24, 2.45) is 51.8 Å². The highest BCUT2D eigenvalue weighted by molar-refractivity contribution is 5.76. The van der Waals surface area contributed by atoms with E-state index < -0.39 is 23.2 Å². The number of esters is 2. The molecule has 4 aliphatic carbocycles. The summed E-state index contributed by atoms with van der Waals surface area (Å²) in [5.74, 6) is 1.40. The zero-order valence-electron chi connectivity index (χ0n) is 26.8. The average Bonchev–Trinajstić information content (AvgIpc) is 3.21. The number of rotatable bonds is 7. The Hall–Kier alpha value is -1.14. The largest absolute Gasteiger partial charge is 0.462 e. The molecule has 230 valence electrons. The van der Waals surface area contributed by atoms with Crippen molar-refractivity contribution in [3.8, 4) is 0 Å². The van der Waals surface area contributed by atoms with E-state index in [2.05, 4.69) is 20.8 Å². The second kappa shape index (κ2) is 11.2. The standard InChI is InChI=1S/C34H58O6/c1-10-32(6,7)30(38)39-22-15-16-33(8)21(17-22)18-26(35)29-24-13-12-23(34(24,9)27(36)19-25(29)33)20(2)11-14-28(37)40-31(3,4)5/h20-27,29,35-36H,10-19H2,1-9H3. The van der Waals surface area contributed by atoms with E-state index in [1.807, 2.05) is 41.5 Å². The molecule has 4 rings (SSSR count). The van der Waals surface area contributed by atoms with Crippen molar-refractivity contribution in [3.63, 3.8) is 0 Å². The van der Waals surface area contributed by atoms with Crippen molar-refractivity contribution in [3.05, 3.63) is 0 Å². The maximum absolute atomic E-state index is 12.8. The second-order valence-corrected chi connectivity index (χ2v) is 16.2. The molecule has 0 radical (unpaired) electrons. The molecule has 0 aromatic carbocycles. The maximum atomic E-state index is 12.8. The molecule has 0 amide bonds. The third-order valence-corrected chi connectivity index (χ3v) is 12.4. The molecule has 0 spiro atoms. The number of ether oxygens (including phenoxy) is 2. The summed E-state index contributed by atoms with van der Waals surface area (Å²) in [6.45, 7) is 18.5. The minimum Gasteiger partial charge on any atom is -0.462 e. The summed E-state index contributed by atoms with van der Waals surface area (Å²) in [5.41, 5.74) is -1.16. The van der Waals surface area contributed by atoms with Gasteiger partial charge in [-0.25, -0.2) is 0 Å². The maximum Gasteiger partial charge on any atom is 0.311 e. The molecular formula is C34H58O6. The molecule has 4 fully saturated rings. The Morgan fingerprint density at radius 3 is 2.27 bits per heavy atom. The van der Waals surface area contributed by atoms with Crippen molar-refractivity contribution >= 4 is 11.9 Å². The smallest absolute Gasteiger partial charge is 0.311 e. The van der Waals surface area contributed by atoms with E-state index in [4.69, 9.17) is 9.47 Å². The fraction of sp³-hybridized carbons (Fsp3) is 0.941. The van der Waals surface area contributed by atoms with Crippen LogP contribution in [0.2, 0.25) is 0 Å². The van der Waals surface area contributed by atoms with Crippen LogP contribution in [0.4, 0.5) is 0 Å². The third kappa shape index (κ3) is 5.74. The van der Waals surface area contributed by atoms with Crippen molar-refractivity contribution in [1.82, 2.24) is 0 Å². The molecule has 0 aliphatic heterocycles. The quantitative estimate of drug-likeness (QED) is 0.336. The molecule has 4 aliphatic rings. The summed E-state index contributed by atoms with van der Waals surface area (Å²) >= 11 is 0. The number of aliphatic hydroxyl groups is 2. The Balaban J connectivity index is 1.46. The minimum absolute atomic E-state index is 0.0375. The highest BCUT2D eigenvalue weighted by Crippen LogP contribution is 2.68. The number of hydrogen-bond acceptors (Lipinski definition) is 6. The lowest BCUT2D eigenvalue weighted by atomic mass is 9.43. The molecule has 0 aromatic rings. The number of carbonyl (C=O) groups is 2. The zero-order valence-corrected chi connectivity index (χ0v) is 26.8. The highest BCUT2D eigenvalue weighted by Gasteiger charge is 2.65. The van der Waals surface area contributed by atoms with Crippen LogP contribution in [0, 0.1) is 51.8 Å². The molecular weight excluding hydrogens is 504 g/mol. The van der Waals surface area contributed by atoms with Crippen molar-refractivity contribution < 1.29 is 29.3 Å². The minimum atomic E-state index is -0.475. The molecule has 4 saturated carbocycles. The molecule has 0 heterocycles. The van der Waals surface area contributed by atoms with Crippen LogP contribution in [0.15, 0.2) is 0 Å². The van der Waals surface area contributed by atoms with E-state index in [-0.39, 0.29) is 46.6 Å². The van der Waals surface area contributed by atoms with Gasteiger partial charge in [0, 0.05) is 6.42 Å². The molecule has 40 heavy (non-hydrogen) atoms. The topological polar surface area (TPSA) is 93.1 Å². The van der Waals surface area contributed by atoms with Crippen LogP contribution in [0.1, 0.15) is 127 Å². The SMILES string of the molecule is CCC(C)(C)C(=O)OC1CCC2(C)C(C1)CC(O)C1C2CC(O)C2(C)C(C(C)CCC(=O)OC(C)(C)C)CCC12. The first-order valence-corrected chi connectivity index (χ1v) is 16.2. The van der Waals surface area contributed by atoms with Gasteiger partial charge in [-0.2, -0.15) is 0 Å². The summed E-state index contributed by atoms with van der Waals surface area (Å²) in [4.78, 5) is 25.2. The lowest BCUT2D eigenvalue weighted by Gasteiger charge is -2.63. The summed E-state index contributed by atoms with van der Waals surface area (Å²) in [7, 11) is 0. The third-order valence-electron chi connectivity index (χ3n) is 12.4. The molecule has 0 bridgehead atoms. The van der Waals surface area contributed by atoms with Crippen molar-refractivity contribution in [2.45, 2.75) is 150 Å². The highest BCUT2D eigenvalue weighted by atomic mass is 16.6. The molecule has 2 N–H and O–H groups in total. The van der Waals surface area contributed by atoms with E-state index in [9.17, 15) is 19.8 Å². The Kier molecular flexibility index (Phi) is 8.88. The van der Waals surface area contributed by atoms with Crippen LogP contribution in [0.25, 0.3) is 0 Å². The van der Waals surface area contributed by atoms with E-state index >= 15 is 0 Å². The summed E-state index contributed by atoms with van der Waals surface area (Å²) in [6, 6.07) is 0. The lowest BCUT2D eigenvalue weighted by Crippen LogP contribution is -2.62. The van der Waals surface area contributed by atoms with Gasteiger partial charge in [0.1, 0.15) is 11.7 Å². The van der Waals surface area contributed by atoms with Gasteiger partial charge in [-0.05, 0) is 139 Å². The number of fused-ring (bicyclic) bond motifs is 5. The molecule has 6 heteroatoms. The number of aliphatic hydroxyl groups excluding tert-OH is 2. The van der Waals surface area contributed by atoms with Gasteiger partial charge in [0.2, 0.25) is 0 Å². The predicted octanol–water partition coefficient (Wildman–Crippen LogP) is 6.69. The van der Waals surface area contributed by atoms with Crippen LogP contribution in [-0.4, -0.2) is 46.1 Å². The molecule has 6 nitrogen and oxygen atoms in total. The molecule has 11 unspecified atom stereocenters. The Bertz CT molecular complexity index is 937. The van der Waals surface area contributed by atoms with E-state index in [0.717, 1.165) is 57.8 Å². The molecule has 0 aromatic heterocycles. The summed E-state index contributed by atoms with van der Waals surface area (Å²) in [5, 5.41) is 23.6. The first kappa shape index (κ1) is 31.8. The monoisotopic (exact) mass is 562 g/mol. The Labute approximate surface area is 243 Å². The molecule has 11 atom stereocenters. The van der Waals surface area contributed by atoms with E-state index in [1.165, 1.54) is 0 Å². The van der Waals surface area contributed by atoms with Crippen LogP contribution < -0.4 is 0 Å². The number of hydrogen-bond donors (Lipinski definition) is 2. The van der Waals surface area contributed by atoms with Crippen LogP contribution >= 0.6 is 0 Å². The van der Waals surface area contributed by atoms with Gasteiger partial charge in [-0.15, -0.1) is 0 Å². The van der Waals surface area contributed by atoms with E-state index in [0.29, 0.717) is 24.2 Å². The summed E-state index contributed by atoms with van der Waals surface area (Å²) < 4.78 is 11.6. The fourth-order valence-corrected chi connectivity index (χ4v) is 9.62. The van der Waals surface area contributed by atoms with E-state index in [1.54, 1.807) is 0 Å². The zero-order chi connectivity index (χ0) is 29.8. The normalized spacial score (nSPS) is 42.3. The predicted molar refractivity (Wildman–Crippen MR) is 156 cm³/mol. The van der Waals surface area contributed by atoms with Crippen LogP contribution in [0.3, 0.4) is 0 Å². The van der Waals surface area contributed by atoms with Gasteiger partial charge in [0.15, 0.2) is 0 Å². The lowest BCUT2D eigenvalue weighted by molar-refractivity contribution is -0.210. The van der Waals surface area contributed by atoms with Crippen LogP contribution in [0.5, 0.6) is 0 Å². The first-order valence-electron chi connectivity index (χ1n) is 16.2. The Morgan fingerprint density at radius 1 is 0.975 bits per heavy atom. The second-order valence-electron chi connectivity index (χ2n) is 16.2. The van der Waals surface area contributed by atoms with Gasteiger partial charge >= 0.3 is 11.9 Å².